The lowest BCUT2D eigenvalue weighted by molar-refractivity contribution is -0.384. The molecule has 1 aliphatic heterocycles. The molecular formula is C17H27N3O3Si. The summed E-state index contributed by atoms with van der Waals surface area (Å²) in [6.07, 6.45) is 2.92. The van der Waals surface area contributed by atoms with Gasteiger partial charge in [0.1, 0.15) is 5.69 Å². The molecule has 0 aliphatic carbocycles. The lowest BCUT2D eigenvalue weighted by Crippen LogP contribution is -2.40. The first-order valence-electron chi connectivity index (χ1n) is 8.23. The van der Waals surface area contributed by atoms with Crippen molar-refractivity contribution < 1.29 is 9.35 Å². The van der Waals surface area contributed by atoms with Crippen molar-refractivity contribution in [3.63, 3.8) is 0 Å². The summed E-state index contributed by atoms with van der Waals surface area (Å²) < 4.78 is 6.17. The molecule has 24 heavy (non-hydrogen) atoms. The van der Waals surface area contributed by atoms with Gasteiger partial charge in [-0.1, -0.05) is 26.8 Å². The van der Waals surface area contributed by atoms with Crippen molar-refractivity contribution in [2.45, 2.75) is 51.9 Å². The zero-order valence-corrected chi connectivity index (χ0v) is 16.1. The van der Waals surface area contributed by atoms with E-state index >= 15 is 0 Å². The van der Waals surface area contributed by atoms with Gasteiger partial charge in [0.2, 0.25) is 0 Å². The van der Waals surface area contributed by atoms with E-state index in [0.29, 0.717) is 11.3 Å². The number of anilines is 1. The summed E-state index contributed by atoms with van der Waals surface area (Å²) >= 11 is 0. The van der Waals surface area contributed by atoms with Crippen molar-refractivity contribution in [3.8, 4) is 0 Å². The van der Waals surface area contributed by atoms with Crippen LogP contribution >= 0.6 is 0 Å². The van der Waals surface area contributed by atoms with Gasteiger partial charge in [0.25, 0.3) is 5.69 Å². The zero-order chi connectivity index (χ0) is 18.0. The molecule has 0 unspecified atom stereocenters. The molecule has 1 aromatic rings. The molecule has 2 N–H and O–H groups in total. The fourth-order valence-corrected chi connectivity index (χ4v) is 3.18. The third-order valence-corrected chi connectivity index (χ3v) is 9.25. The first-order valence-corrected chi connectivity index (χ1v) is 11.1. The molecule has 2 rings (SSSR count). The molecular weight excluding hydrogens is 322 g/mol. The number of benzene rings is 1. The maximum atomic E-state index is 11.6. The molecule has 0 fully saturated rings. The average Bonchev–Trinajstić information content (AvgIpc) is 2.96. The summed E-state index contributed by atoms with van der Waals surface area (Å²) in [7, 11) is -1.97. The van der Waals surface area contributed by atoms with Crippen LogP contribution < -0.4 is 10.6 Å². The second kappa shape index (κ2) is 6.94. The number of para-hydroxylation sites is 1. The van der Waals surface area contributed by atoms with Gasteiger partial charge >= 0.3 is 0 Å². The quantitative estimate of drug-likeness (QED) is 0.453. The van der Waals surface area contributed by atoms with Crippen molar-refractivity contribution in [2.24, 2.45) is 0 Å². The van der Waals surface area contributed by atoms with E-state index in [0.717, 1.165) is 18.8 Å². The van der Waals surface area contributed by atoms with Crippen LogP contribution in [-0.4, -0.2) is 19.8 Å². The molecule has 0 spiro atoms. The molecule has 0 saturated heterocycles. The van der Waals surface area contributed by atoms with Gasteiger partial charge in [-0.25, -0.2) is 0 Å². The van der Waals surface area contributed by atoms with Gasteiger partial charge < -0.3 is 15.1 Å². The molecule has 1 aromatic carbocycles. The van der Waals surface area contributed by atoms with Crippen molar-refractivity contribution in [2.75, 3.05) is 11.9 Å². The number of hydrogen-bond donors (Lipinski definition) is 2. The number of rotatable bonds is 6. The summed E-state index contributed by atoms with van der Waals surface area (Å²) in [6.45, 7) is 11.9. The topological polar surface area (TPSA) is 76.4 Å². The van der Waals surface area contributed by atoms with Gasteiger partial charge in [-0.3, -0.25) is 10.1 Å². The molecule has 0 radical (unpaired) electrons. The lowest BCUT2D eigenvalue weighted by atomic mass is 10.1. The predicted octanol–water partition coefficient (Wildman–Crippen LogP) is 4.36. The zero-order valence-electron chi connectivity index (χ0n) is 15.1. The summed E-state index contributed by atoms with van der Waals surface area (Å²) in [4.78, 5) is 11.3. The Labute approximate surface area is 144 Å². The molecule has 132 valence electrons. The number of nitro groups is 1. The predicted molar refractivity (Wildman–Crippen MR) is 99.4 cm³/mol. The van der Waals surface area contributed by atoms with Gasteiger partial charge in [0, 0.05) is 6.54 Å². The number of nitrogens with zero attached hydrogens (tertiary/aromatic N) is 1. The van der Waals surface area contributed by atoms with Crippen LogP contribution in [0.4, 0.5) is 11.4 Å². The second-order valence-corrected chi connectivity index (χ2v) is 12.4. The molecule has 1 aliphatic rings. The highest BCUT2D eigenvalue weighted by Gasteiger charge is 2.37. The molecule has 0 bridgehead atoms. The smallest absolute Gasteiger partial charge is 0.298 e. The van der Waals surface area contributed by atoms with E-state index in [-0.39, 0.29) is 22.3 Å². The molecule has 0 amide bonds. The minimum absolute atomic E-state index is 0.0657. The normalized spacial score (nSPS) is 15.0. The summed E-state index contributed by atoms with van der Waals surface area (Å²) in [5.74, 6) is 0.820. The Morgan fingerprint density at radius 2 is 2.08 bits per heavy atom. The van der Waals surface area contributed by atoms with E-state index in [1.165, 1.54) is 0 Å². The fraction of sp³-hybridized carbons (Fsp3) is 0.529. The monoisotopic (exact) mass is 349 g/mol. The van der Waals surface area contributed by atoms with Crippen LogP contribution in [0.3, 0.4) is 0 Å². The summed E-state index contributed by atoms with van der Waals surface area (Å²) in [6, 6.07) is 5.33. The maximum Gasteiger partial charge on any atom is 0.298 e. The first kappa shape index (κ1) is 18.5. The van der Waals surface area contributed by atoms with Gasteiger partial charge in [0.15, 0.2) is 8.32 Å². The third-order valence-electron chi connectivity index (χ3n) is 4.77. The number of hydrogen-bond acceptors (Lipinski definition) is 5. The molecule has 0 atom stereocenters. The standard InChI is InChI=1S/C17H27N3O3Si/c1-17(2,3)24(4,5)23-12-13-8-6-9-14(16(13)20(21)22)19-15-10-7-11-18-15/h6,8-10,18-19H,7,11-12H2,1-5H3. The Bertz CT molecular complexity index is 651. The fourth-order valence-electron chi connectivity index (χ4n) is 2.23. The van der Waals surface area contributed by atoms with Crippen LogP contribution in [-0.2, 0) is 11.0 Å². The second-order valence-electron chi connectivity index (χ2n) is 7.58. The largest absolute Gasteiger partial charge is 0.412 e. The maximum absolute atomic E-state index is 11.6. The lowest BCUT2D eigenvalue weighted by Gasteiger charge is -2.36. The number of nitrogens with one attached hydrogen (secondary N) is 2. The van der Waals surface area contributed by atoms with E-state index in [4.69, 9.17) is 4.43 Å². The highest BCUT2D eigenvalue weighted by atomic mass is 28.4. The van der Waals surface area contributed by atoms with Crippen LogP contribution in [0.2, 0.25) is 18.1 Å². The highest BCUT2D eigenvalue weighted by molar-refractivity contribution is 6.74. The minimum Gasteiger partial charge on any atom is -0.412 e. The SMILES string of the molecule is CC(C)(C)[Si](C)(C)OCc1cccc(NC2=CCCN2)c1[N+](=O)[O-]. The van der Waals surface area contributed by atoms with Gasteiger partial charge in [0.05, 0.1) is 22.9 Å². The van der Waals surface area contributed by atoms with Crippen molar-refractivity contribution in [1.82, 2.24) is 5.32 Å². The van der Waals surface area contributed by atoms with E-state index in [1.807, 2.05) is 12.1 Å². The average molecular weight is 350 g/mol. The van der Waals surface area contributed by atoms with Gasteiger partial charge in [-0.2, -0.15) is 0 Å². The minimum atomic E-state index is -1.97. The molecule has 7 heteroatoms. The van der Waals surface area contributed by atoms with E-state index in [2.05, 4.69) is 44.5 Å². The molecule has 1 heterocycles. The third kappa shape index (κ3) is 4.15. The first-order chi connectivity index (χ1) is 11.1. The molecule has 0 aromatic heterocycles. The van der Waals surface area contributed by atoms with Crippen LogP contribution in [0.25, 0.3) is 0 Å². The Morgan fingerprint density at radius 3 is 2.62 bits per heavy atom. The van der Waals surface area contributed by atoms with Crippen LogP contribution in [0, 0.1) is 10.1 Å². The van der Waals surface area contributed by atoms with Crippen molar-refractivity contribution in [3.05, 3.63) is 45.8 Å². The Kier molecular flexibility index (Phi) is 5.34. The van der Waals surface area contributed by atoms with Crippen LogP contribution in [0.5, 0.6) is 0 Å². The Hall–Kier alpha value is -1.86. The summed E-state index contributed by atoms with van der Waals surface area (Å²) in [5.41, 5.74) is 1.19. The molecule has 6 nitrogen and oxygen atoms in total. The van der Waals surface area contributed by atoms with E-state index < -0.39 is 8.32 Å². The number of nitro benzene ring substituents is 1. The molecule has 0 saturated carbocycles. The van der Waals surface area contributed by atoms with Crippen molar-refractivity contribution >= 4 is 19.7 Å². The van der Waals surface area contributed by atoms with E-state index in [1.54, 1.807) is 12.1 Å². The van der Waals surface area contributed by atoms with Crippen molar-refractivity contribution in [1.29, 1.82) is 0 Å². The van der Waals surface area contributed by atoms with E-state index in [9.17, 15) is 10.1 Å². The summed E-state index contributed by atoms with van der Waals surface area (Å²) in [5, 5.41) is 18.0. The Balaban J connectivity index is 2.25. The Morgan fingerprint density at radius 1 is 1.38 bits per heavy atom. The van der Waals surface area contributed by atoms with Gasteiger partial charge in [-0.05, 0) is 42.8 Å². The van der Waals surface area contributed by atoms with Gasteiger partial charge in [-0.15, -0.1) is 0 Å². The van der Waals surface area contributed by atoms with Crippen LogP contribution in [0.15, 0.2) is 30.1 Å². The highest BCUT2D eigenvalue weighted by Crippen LogP contribution is 2.38. The van der Waals surface area contributed by atoms with Crippen LogP contribution in [0.1, 0.15) is 32.8 Å².